The molecule has 1 aromatic rings. The number of hydrogen-bond acceptors (Lipinski definition) is 1. The maximum Gasteiger partial charge on any atom is 0.230 e. The van der Waals surface area contributed by atoms with Crippen LogP contribution < -0.4 is 5.32 Å². The highest BCUT2D eigenvalue weighted by Crippen LogP contribution is 2.56. The second-order valence-electron chi connectivity index (χ2n) is 6.26. The van der Waals surface area contributed by atoms with Gasteiger partial charge in [0.05, 0.1) is 5.41 Å². The van der Waals surface area contributed by atoms with Gasteiger partial charge in [-0.2, -0.15) is 0 Å². The quantitative estimate of drug-likeness (QED) is 0.817. The van der Waals surface area contributed by atoms with Gasteiger partial charge < -0.3 is 5.32 Å². The highest BCUT2D eigenvalue weighted by atomic mass is 79.9. The van der Waals surface area contributed by atoms with Gasteiger partial charge in [0.1, 0.15) is 0 Å². The zero-order valence-electron chi connectivity index (χ0n) is 11.9. The molecule has 0 unspecified atom stereocenters. The van der Waals surface area contributed by atoms with Gasteiger partial charge in [-0.15, -0.1) is 0 Å². The largest absolute Gasteiger partial charge is 0.326 e. The van der Waals surface area contributed by atoms with Crippen LogP contribution in [0.25, 0.3) is 0 Å². The number of nitrogens with one attached hydrogen (secondary N) is 1. The highest BCUT2D eigenvalue weighted by molar-refractivity contribution is 9.09. The number of alkyl halides is 1. The molecule has 104 valence electrons. The first kappa shape index (κ1) is 14.6. The number of anilines is 1. The Hall–Kier alpha value is -0.830. The van der Waals surface area contributed by atoms with Crippen molar-refractivity contribution in [1.29, 1.82) is 0 Å². The van der Waals surface area contributed by atoms with Gasteiger partial charge in [0.25, 0.3) is 0 Å². The predicted molar refractivity (Wildman–Crippen MR) is 83.5 cm³/mol. The van der Waals surface area contributed by atoms with Crippen LogP contribution >= 0.6 is 15.9 Å². The number of halogens is 1. The van der Waals surface area contributed by atoms with E-state index in [-0.39, 0.29) is 16.7 Å². The Labute approximate surface area is 124 Å². The summed E-state index contributed by atoms with van der Waals surface area (Å²) in [6.45, 7) is 6.54. The molecule has 0 heterocycles. The van der Waals surface area contributed by atoms with Crippen LogP contribution in [0.3, 0.4) is 0 Å². The fourth-order valence-corrected chi connectivity index (χ4v) is 4.20. The maximum atomic E-state index is 12.7. The third-order valence-corrected chi connectivity index (χ3v) is 5.94. The molecule has 1 fully saturated rings. The lowest BCUT2D eigenvalue weighted by atomic mass is 9.65. The molecular weight excluding hydrogens is 302 g/mol. The van der Waals surface area contributed by atoms with Crippen LogP contribution in [-0.2, 0) is 4.79 Å². The summed E-state index contributed by atoms with van der Waals surface area (Å²) in [7, 11) is 0. The van der Waals surface area contributed by atoms with Crippen LogP contribution in [0.5, 0.6) is 0 Å². The van der Waals surface area contributed by atoms with E-state index in [4.69, 9.17) is 0 Å². The molecule has 2 rings (SSSR count). The number of carbonyl (C=O) groups excluding carboxylic acids is 1. The molecule has 0 radical (unpaired) electrons. The maximum absolute atomic E-state index is 12.7. The highest BCUT2D eigenvalue weighted by Gasteiger charge is 2.55. The SMILES string of the molecule is CC1(C)[C@H](CBr)CC[C@]1(C)C(=O)Nc1ccccc1. The van der Waals surface area contributed by atoms with Gasteiger partial charge in [-0.1, -0.05) is 54.9 Å². The Morgan fingerprint density at radius 2 is 1.95 bits per heavy atom. The number of para-hydroxylation sites is 1. The molecule has 1 aliphatic rings. The van der Waals surface area contributed by atoms with Gasteiger partial charge in [0.15, 0.2) is 0 Å². The third-order valence-electron chi connectivity index (χ3n) is 5.15. The number of hydrogen-bond donors (Lipinski definition) is 1. The predicted octanol–water partition coefficient (Wildman–Crippen LogP) is 4.46. The Kier molecular flexibility index (Phi) is 4.05. The molecule has 0 aliphatic heterocycles. The van der Waals surface area contributed by atoms with E-state index >= 15 is 0 Å². The number of carbonyl (C=O) groups is 1. The van der Waals surface area contributed by atoms with Crippen LogP contribution in [0.15, 0.2) is 30.3 Å². The molecule has 1 aliphatic carbocycles. The fraction of sp³-hybridized carbons (Fsp3) is 0.562. The molecule has 2 atom stereocenters. The van der Waals surface area contributed by atoms with Crippen molar-refractivity contribution >= 4 is 27.5 Å². The average Bonchev–Trinajstić information content (AvgIpc) is 2.62. The zero-order valence-corrected chi connectivity index (χ0v) is 13.5. The van der Waals surface area contributed by atoms with Crippen molar-refractivity contribution in [3.63, 3.8) is 0 Å². The molecule has 0 saturated heterocycles. The van der Waals surface area contributed by atoms with Gasteiger partial charge in [0, 0.05) is 11.0 Å². The molecule has 0 aromatic heterocycles. The van der Waals surface area contributed by atoms with Crippen molar-refractivity contribution < 1.29 is 4.79 Å². The Balaban J connectivity index is 2.19. The summed E-state index contributed by atoms with van der Waals surface area (Å²) < 4.78 is 0. The van der Waals surface area contributed by atoms with Crippen molar-refractivity contribution in [3.05, 3.63) is 30.3 Å². The number of amides is 1. The van der Waals surface area contributed by atoms with E-state index in [2.05, 4.69) is 42.0 Å². The topological polar surface area (TPSA) is 29.1 Å². The van der Waals surface area contributed by atoms with E-state index in [9.17, 15) is 4.79 Å². The molecule has 0 bridgehead atoms. The first-order valence-electron chi connectivity index (χ1n) is 6.84. The molecule has 2 nitrogen and oxygen atoms in total. The van der Waals surface area contributed by atoms with Crippen LogP contribution in [-0.4, -0.2) is 11.2 Å². The minimum Gasteiger partial charge on any atom is -0.326 e. The third kappa shape index (κ3) is 2.45. The van der Waals surface area contributed by atoms with Gasteiger partial charge >= 0.3 is 0 Å². The lowest BCUT2D eigenvalue weighted by Gasteiger charge is -2.40. The van der Waals surface area contributed by atoms with Crippen LogP contribution in [0.1, 0.15) is 33.6 Å². The molecule has 3 heteroatoms. The van der Waals surface area contributed by atoms with Crippen molar-refractivity contribution in [1.82, 2.24) is 0 Å². The summed E-state index contributed by atoms with van der Waals surface area (Å²) in [6.07, 6.45) is 2.06. The second-order valence-corrected chi connectivity index (χ2v) is 6.91. The van der Waals surface area contributed by atoms with Crippen LogP contribution in [0.2, 0.25) is 0 Å². The van der Waals surface area contributed by atoms with E-state index in [1.165, 1.54) is 0 Å². The Bertz CT molecular complexity index is 457. The summed E-state index contributed by atoms with van der Waals surface area (Å²) in [6, 6.07) is 9.71. The standard InChI is InChI=1S/C16H22BrNO/c1-15(2)12(11-17)9-10-16(15,3)14(19)18-13-7-5-4-6-8-13/h4-8,12H,9-11H2,1-3H3,(H,18,19)/t12-,16+/m0/s1. The number of rotatable bonds is 3. The van der Waals surface area contributed by atoms with E-state index in [0.717, 1.165) is 23.9 Å². The van der Waals surface area contributed by atoms with Crippen molar-refractivity contribution in [2.75, 3.05) is 10.6 Å². The van der Waals surface area contributed by atoms with E-state index in [1.807, 2.05) is 30.3 Å². The summed E-state index contributed by atoms with van der Waals surface area (Å²) in [4.78, 5) is 12.7. The lowest BCUT2D eigenvalue weighted by Crippen LogP contribution is -2.44. The summed E-state index contributed by atoms with van der Waals surface area (Å²) >= 11 is 3.59. The second kappa shape index (κ2) is 5.28. The Morgan fingerprint density at radius 1 is 1.32 bits per heavy atom. The average molecular weight is 324 g/mol. The van der Waals surface area contributed by atoms with Crippen molar-refractivity contribution in [3.8, 4) is 0 Å². The Morgan fingerprint density at radius 3 is 2.47 bits per heavy atom. The molecular formula is C16H22BrNO. The van der Waals surface area contributed by atoms with E-state index in [0.29, 0.717) is 5.92 Å². The summed E-state index contributed by atoms with van der Waals surface area (Å²) in [5.74, 6) is 0.700. The smallest absolute Gasteiger partial charge is 0.230 e. The van der Waals surface area contributed by atoms with Crippen molar-refractivity contribution in [2.45, 2.75) is 33.6 Å². The molecule has 1 N–H and O–H groups in total. The molecule has 1 amide bonds. The minimum atomic E-state index is -0.304. The lowest BCUT2D eigenvalue weighted by molar-refractivity contribution is -0.130. The first-order chi connectivity index (χ1) is 8.91. The van der Waals surface area contributed by atoms with Crippen LogP contribution in [0.4, 0.5) is 5.69 Å². The molecule has 19 heavy (non-hydrogen) atoms. The van der Waals surface area contributed by atoms with Gasteiger partial charge in [-0.05, 0) is 36.3 Å². The summed E-state index contributed by atoms with van der Waals surface area (Å²) in [5, 5.41) is 4.04. The summed E-state index contributed by atoms with van der Waals surface area (Å²) in [5.41, 5.74) is 0.586. The van der Waals surface area contributed by atoms with Crippen LogP contribution in [0, 0.1) is 16.7 Å². The fourth-order valence-electron chi connectivity index (χ4n) is 3.06. The van der Waals surface area contributed by atoms with Crippen molar-refractivity contribution in [2.24, 2.45) is 16.7 Å². The van der Waals surface area contributed by atoms with E-state index in [1.54, 1.807) is 0 Å². The number of benzene rings is 1. The molecule has 1 aromatic carbocycles. The van der Waals surface area contributed by atoms with Gasteiger partial charge in [0.2, 0.25) is 5.91 Å². The normalized spacial score (nSPS) is 29.2. The minimum absolute atomic E-state index is 0.00929. The van der Waals surface area contributed by atoms with E-state index < -0.39 is 0 Å². The molecule has 1 saturated carbocycles. The van der Waals surface area contributed by atoms with Gasteiger partial charge in [-0.25, -0.2) is 0 Å². The first-order valence-corrected chi connectivity index (χ1v) is 7.96. The molecule has 0 spiro atoms. The zero-order chi connectivity index (χ0) is 14.1. The monoisotopic (exact) mass is 323 g/mol. The van der Waals surface area contributed by atoms with Gasteiger partial charge in [-0.3, -0.25) is 4.79 Å².